The molecule has 5 heteroatoms. The Balaban J connectivity index is 2.64. The van der Waals surface area contributed by atoms with Crippen LogP contribution in [0.2, 0.25) is 0 Å². The Morgan fingerprint density at radius 1 is 1.55 bits per heavy atom. The van der Waals surface area contributed by atoms with E-state index in [0.717, 1.165) is 0 Å². The van der Waals surface area contributed by atoms with Gasteiger partial charge >= 0.3 is 0 Å². The average Bonchev–Trinajstić information content (AvgIpc) is 1.95. The molecule has 0 aliphatic heterocycles. The number of rotatable bonds is 1. The molecule has 0 aromatic rings. The summed E-state index contributed by atoms with van der Waals surface area (Å²) in [5.41, 5.74) is 8.02. The molecule has 0 spiro atoms. The summed E-state index contributed by atoms with van der Waals surface area (Å²) in [6, 6.07) is -0.599. The van der Waals surface area contributed by atoms with Crippen molar-refractivity contribution in [2.45, 2.75) is 25.3 Å². The highest BCUT2D eigenvalue weighted by molar-refractivity contribution is 6.03. The van der Waals surface area contributed by atoms with Crippen LogP contribution < -0.4 is 0 Å². The predicted molar refractivity (Wildman–Crippen MR) is 36.8 cm³/mol. The van der Waals surface area contributed by atoms with E-state index >= 15 is 0 Å². The molecule has 1 fully saturated rings. The molecule has 0 bridgehead atoms. The van der Waals surface area contributed by atoms with Gasteiger partial charge in [-0.25, -0.2) is 0 Å². The second-order valence-corrected chi connectivity index (χ2v) is 2.44. The van der Waals surface area contributed by atoms with Gasteiger partial charge in [0.1, 0.15) is 11.6 Å². The highest BCUT2D eigenvalue weighted by Crippen LogP contribution is 2.14. The normalized spacial score (nSPS) is 24.5. The van der Waals surface area contributed by atoms with Crippen LogP contribution in [0.4, 0.5) is 0 Å². The van der Waals surface area contributed by atoms with Gasteiger partial charge in [0.05, 0.1) is 12.5 Å². The van der Waals surface area contributed by atoms with E-state index in [0.29, 0.717) is 12.8 Å². The van der Waals surface area contributed by atoms with Crippen LogP contribution in [-0.4, -0.2) is 17.6 Å². The zero-order valence-electron chi connectivity index (χ0n) is 5.86. The molecule has 1 aliphatic rings. The van der Waals surface area contributed by atoms with Crippen molar-refractivity contribution in [3.63, 3.8) is 0 Å². The van der Waals surface area contributed by atoms with Crippen molar-refractivity contribution in [2.24, 2.45) is 5.11 Å². The summed E-state index contributed by atoms with van der Waals surface area (Å²) >= 11 is 0. The number of Topliss-reactive ketones (excluding diaryl/α,β-unsaturated/α-hetero) is 2. The van der Waals surface area contributed by atoms with Gasteiger partial charge in [-0.2, -0.15) is 0 Å². The number of azide groups is 1. The van der Waals surface area contributed by atoms with E-state index in [1.807, 2.05) is 0 Å². The van der Waals surface area contributed by atoms with Gasteiger partial charge in [-0.05, 0) is 12.0 Å². The summed E-state index contributed by atoms with van der Waals surface area (Å²) in [5.74, 6) is -0.307. The van der Waals surface area contributed by atoms with Crippen molar-refractivity contribution < 1.29 is 9.59 Å². The third-order valence-corrected chi connectivity index (χ3v) is 1.63. The van der Waals surface area contributed by atoms with Crippen molar-refractivity contribution in [1.29, 1.82) is 0 Å². The largest absolute Gasteiger partial charge is 0.299 e. The second kappa shape index (κ2) is 3.16. The van der Waals surface area contributed by atoms with E-state index in [9.17, 15) is 9.59 Å². The third kappa shape index (κ3) is 1.78. The topological polar surface area (TPSA) is 82.9 Å². The van der Waals surface area contributed by atoms with Crippen molar-refractivity contribution in [3.05, 3.63) is 10.4 Å². The first-order valence-corrected chi connectivity index (χ1v) is 3.32. The number of carbonyl (C=O) groups is 2. The van der Waals surface area contributed by atoms with Crippen molar-refractivity contribution in [1.82, 2.24) is 0 Å². The SMILES string of the molecule is [N-]=[N+]=NC1CCC(=O)CC1=O. The number of nitrogens with zero attached hydrogens (tertiary/aromatic N) is 3. The maximum absolute atomic E-state index is 10.9. The molecule has 0 N–H and O–H groups in total. The molecule has 58 valence electrons. The molecule has 0 amide bonds. The first-order chi connectivity index (χ1) is 5.24. The number of hydrogen-bond donors (Lipinski definition) is 0. The molecule has 1 unspecified atom stereocenters. The van der Waals surface area contributed by atoms with Crippen LogP contribution in [0.15, 0.2) is 5.11 Å². The maximum atomic E-state index is 10.9. The summed E-state index contributed by atoms with van der Waals surface area (Å²) in [4.78, 5) is 24.1. The molecule has 0 aromatic heterocycles. The molecule has 1 saturated carbocycles. The molecule has 5 nitrogen and oxygen atoms in total. The summed E-state index contributed by atoms with van der Waals surface area (Å²) in [7, 11) is 0. The first kappa shape index (κ1) is 7.75. The Labute approximate surface area is 63.0 Å². The smallest absolute Gasteiger partial charge is 0.149 e. The quantitative estimate of drug-likeness (QED) is 0.243. The van der Waals surface area contributed by atoms with Crippen molar-refractivity contribution >= 4 is 11.6 Å². The lowest BCUT2D eigenvalue weighted by atomic mass is 9.94. The van der Waals surface area contributed by atoms with Crippen LogP contribution in [0.25, 0.3) is 10.4 Å². The van der Waals surface area contributed by atoms with Gasteiger partial charge in [0, 0.05) is 11.3 Å². The summed E-state index contributed by atoms with van der Waals surface area (Å²) in [5, 5.41) is 3.28. The minimum Gasteiger partial charge on any atom is -0.299 e. The van der Waals surface area contributed by atoms with Crippen LogP contribution in [0.5, 0.6) is 0 Å². The zero-order chi connectivity index (χ0) is 8.27. The second-order valence-electron chi connectivity index (χ2n) is 2.44. The Morgan fingerprint density at radius 2 is 2.27 bits per heavy atom. The number of carbonyl (C=O) groups excluding carboxylic acids is 2. The Morgan fingerprint density at radius 3 is 2.82 bits per heavy atom. The molecular formula is C6H7N3O2. The zero-order valence-corrected chi connectivity index (χ0v) is 5.86. The Bertz CT molecular complexity index is 242. The fourth-order valence-electron chi connectivity index (χ4n) is 1.04. The van der Waals surface area contributed by atoms with Crippen molar-refractivity contribution in [3.8, 4) is 0 Å². The summed E-state index contributed by atoms with van der Waals surface area (Å²) < 4.78 is 0. The molecular weight excluding hydrogens is 146 g/mol. The Hall–Kier alpha value is -1.35. The molecule has 1 rings (SSSR count). The van der Waals surface area contributed by atoms with E-state index in [4.69, 9.17) is 5.53 Å². The van der Waals surface area contributed by atoms with Gasteiger partial charge in [-0.3, -0.25) is 9.59 Å². The standard InChI is InChI=1S/C6H7N3O2/c7-9-8-5-2-1-4(10)3-6(5)11/h5H,1-3H2. The van der Waals surface area contributed by atoms with Crippen LogP contribution in [0.1, 0.15) is 19.3 Å². The minimum absolute atomic E-state index is 0.0561. The van der Waals surface area contributed by atoms with E-state index in [1.54, 1.807) is 0 Å². The number of ketones is 2. The molecule has 11 heavy (non-hydrogen) atoms. The lowest BCUT2D eigenvalue weighted by Crippen LogP contribution is -2.27. The monoisotopic (exact) mass is 153 g/mol. The molecule has 0 heterocycles. The lowest BCUT2D eigenvalue weighted by molar-refractivity contribution is -0.130. The van der Waals surface area contributed by atoms with Crippen LogP contribution in [-0.2, 0) is 9.59 Å². The fourth-order valence-corrected chi connectivity index (χ4v) is 1.04. The lowest BCUT2D eigenvalue weighted by Gasteiger charge is -2.13. The highest BCUT2D eigenvalue weighted by atomic mass is 16.2. The van der Waals surface area contributed by atoms with Gasteiger partial charge in [0.15, 0.2) is 0 Å². The van der Waals surface area contributed by atoms with E-state index in [1.165, 1.54) is 0 Å². The third-order valence-electron chi connectivity index (χ3n) is 1.63. The summed E-state index contributed by atoms with van der Waals surface area (Å²) in [6.45, 7) is 0. The predicted octanol–water partition coefficient (Wildman–Crippen LogP) is 0.987. The van der Waals surface area contributed by atoms with Gasteiger partial charge < -0.3 is 0 Å². The molecule has 0 aromatic carbocycles. The average molecular weight is 153 g/mol. The molecule has 0 radical (unpaired) electrons. The highest BCUT2D eigenvalue weighted by Gasteiger charge is 2.25. The van der Waals surface area contributed by atoms with Gasteiger partial charge in [-0.15, -0.1) is 0 Å². The first-order valence-electron chi connectivity index (χ1n) is 3.32. The van der Waals surface area contributed by atoms with Gasteiger partial charge in [0.25, 0.3) is 0 Å². The molecule has 1 aliphatic carbocycles. The minimum atomic E-state index is -0.599. The van der Waals surface area contributed by atoms with E-state index < -0.39 is 6.04 Å². The number of hydrogen-bond acceptors (Lipinski definition) is 3. The van der Waals surface area contributed by atoms with E-state index in [2.05, 4.69) is 10.0 Å². The molecule has 0 saturated heterocycles. The van der Waals surface area contributed by atoms with Crippen molar-refractivity contribution in [2.75, 3.05) is 0 Å². The van der Waals surface area contributed by atoms with Crippen LogP contribution >= 0.6 is 0 Å². The van der Waals surface area contributed by atoms with E-state index in [-0.39, 0.29) is 18.0 Å². The van der Waals surface area contributed by atoms with Crippen LogP contribution in [0.3, 0.4) is 0 Å². The molecule has 1 atom stereocenters. The van der Waals surface area contributed by atoms with Gasteiger partial charge in [-0.1, -0.05) is 5.11 Å². The summed E-state index contributed by atoms with van der Waals surface area (Å²) in [6.07, 6.45) is 0.667. The van der Waals surface area contributed by atoms with Gasteiger partial charge in [0.2, 0.25) is 0 Å². The fraction of sp³-hybridized carbons (Fsp3) is 0.667. The Kier molecular flexibility index (Phi) is 2.23. The van der Waals surface area contributed by atoms with Crippen LogP contribution in [0, 0.1) is 0 Å². The maximum Gasteiger partial charge on any atom is 0.149 e.